The molecule has 0 amide bonds. The fraction of sp³-hybridized carbons (Fsp3) is 0.800. The van der Waals surface area contributed by atoms with Crippen LogP contribution in [0.3, 0.4) is 0 Å². The Morgan fingerprint density at radius 2 is 2.17 bits per heavy atom. The van der Waals surface area contributed by atoms with Crippen LogP contribution in [0.2, 0.25) is 0 Å². The van der Waals surface area contributed by atoms with Gasteiger partial charge in [-0.25, -0.2) is 0 Å². The molecule has 0 heterocycles. The van der Waals surface area contributed by atoms with Gasteiger partial charge in [0.15, 0.2) is 0 Å². The van der Waals surface area contributed by atoms with E-state index in [-0.39, 0.29) is 0 Å². The normalized spacial score (nSPS) is 11.1. The van der Waals surface area contributed by atoms with Gasteiger partial charge in [0.2, 0.25) is 0 Å². The molecule has 0 bridgehead atoms. The summed E-state index contributed by atoms with van der Waals surface area (Å²) in [5.74, 6) is 0.745. The van der Waals surface area contributed by atoms with Crippen molar-refractivity contribution in [1.82, 2.24) is 10.2 Å². The molecule has 72 valence electrons. The summed E-state index contributed by atoms with van der Waals surface area (Å²) in [4.78, 5) is 2.25. The third-order valence-corrected chi connectivity index (χ3v) is 1.66. The second kappa shape index (κ2) is 7.32. The number of nitrogens with one attached hydrogen (secondary N) is 1. The number of rotatable bonds is 7. The van der Waals surface area contributed by atoms with Crippen LogP contribution in [0, 0.1) is 5.92 Å². The first-order valence-corrected chi connectivity index (χ1v) is 4.67. The molecule has 0 rings (SSSR count). The van der Waals surface area contributed by atoms with Crippen LogP contribution in [0.1, 0.15) is 13.8 Å². The van der Waals surface area contributed by atoms with Crippen LogP contribution in [0.15, 0.2) is 12.7 Å². The smallest absolute Gasteiger partial charge is 0.0158 e. The van der Waals surface area contributed by atoms with Gasteiger partial charge in [0, 0.05) is 19.6 Å². The van der Waals surface area contributed by atoms with Crippen molar-refractivity contribution in [1.29, 1.82) is 0 Å². The summed E-state index contributed by atoms with van der Waals surface area (Å²) in [6.07, 6.45) is 1.93. The lowest BCUT2D eigenvalue weighted by Gasteiger charge is -2.15. The Kier molecular flexibility index (Phi) is 7.11. The van der Waals surface area contributed by atoms with Crippen LogP contribution in [0.5, 0.6) is 0 Å². The van der Waals surface area contributed by atoms with Gasteiger partial charge in [0.1, 0.15) is 0 Å². The topological polar surface area (TPSA) is 15.3 Å². The Morgan fingerprint density at radius 1 is 1.50 bits per heavy atom. The Morgan fingerprint density at radius 3 is 2.67 bits per heavy atom. The SMILES string of the molecule is C=CCN(C)CCNCC(C)C. The highest BCUT2D eigenvalue weighted by atomic mass is 15.1. The van der Waals surface area contributed by atoms with E-state index in [0.29, 0.717) is 0 Å². The van der Waals surface area contributed by atoms with E-state index >= 15 is 0 Å². The number of nitrogens with zero attached hydrogens (tertiary/aromatic N) is 1. The summed E-state index contributed by atoms with van der Waals surface area (Å²) in [7, 11) is 2.11. The van der Waals surface area contributed by atoms with Gasteiger partial charge in [-0.2, -0.15) is 0 Å². The Hall–Kier alpha value is -0.340. The Labute approximate surface area is 76.6 Å². The summed E-state index contributed by atoms with van der Waals surface area (Å²) in [6, 6.07) is 0. The molecule has 0 saturated heterocycles. The highest BCUT2D eigenvalue weighted by molar-refractivity contribution is 4.71. The first kappa shape index (κ1) is 11.7. The number of hydrogen-bond acceptors (Lipinski definition) is 2. The van der Waals surface area contributed by atoms with Crippen molar-refractivity contribution in [2.75, 3.05) is 33.2 Å². The zero-order valence-corrected chi connectivity index (χ0v) is 8.64. The van der Waals surface area contributed by atoms with E-state index in [4.69, 9.17) is 0 Å². The predicted octanol–water partition coefficient (Wildman–Crippen LogP) is 1.35. The molecular weight excluding hydrogens is 148 g/mol. The molecule has 0 aromatic carbocycles. The van der Waals surface area contributed by atoms with E-state index in [1.54, 1.807) is 0 Å². The molecular formula is C10H22N2. The lowest BCUT2D eigenvalue weighted by molar-refractivity contribution is 0.361. The molecule has 0 aromatic rings. The zero-order valence-electron chi connectivity index (χ0n) is 8.64. The van der Waals surface area contributed by atoms with E-state index in [2.05, 4.69) is 37.7 Å². The average Bonchev–Trinajstić information content (AvgIpc) is 1.98. The molecule has 0 aliphatic carbocycles. The van der Waals surface area contributed by atoms with Gasteiger partial charge >= 0.3 is 0 Å². The maximum Gasteiger partial charge on any atom is 0.0158 e. The first-order valence-electron chi connectivity index (χ1n) is 4.67. The summed E-state index contributed by atoms with van der Waals surface area (Å²) in [5, 5.41) is 3.40. The first-order chi connectivity index (χ1) is 5.66. The maximum absolute atomic E-state index is 3.70. The van der Waals surface area contributed by atoms with Gasteiger partial charge in [-0.1, -0.05) is 19.9 Å². The van der Waals surface area contributed by atoms with Gasteiger partial charge in [0.25, 0.3) is 0 Å². The van der Waals surface area contributed by atoms with Crippen molar-refractivity contribution in [2.45, 2.75) is 13.8 Å². The minimum atomic E-state index is 0.745. The molecule has 1 N–H and O–H groups in total. The molecule has 0 fully saturated rings. The third-order valence-electron chi connectivity index (χ3n) is 1.66. The van der Waals surface area contributed by atoms with Crippen molar-refractivity contribution in [3.63, 3.8) is 0 Å². The molecule has 0 atom stereocenters. The number of hydrogen-bond donors (Lipinski definition) is 1. The molecule has 0 spiro atoms. The Bertz CT molecular complexity index is 110. The largest absolute Gasteiger partial charge is 0.315 e. The van der Waals surface area contributed by atoms with Crippen molar-refractivity contribution in [2.24, 2.45) is 5.92 Å². The average molecular weight is 170 g/mol. The second-order valence-corrected chi connectivity index (χ2v) is 3.65. The molecule has 0 aliphatic rings. The van der Waals surface area contributed by atoms with Crippen LogP contribution in [-0.2, 0) is 0 Å². The fourth-order valence-electron chi connectivity index (χ4n) is 0.972. The maximum atomic E-state index is 3.70. The summed E-state index contributed by atoms with van der Waals surface area (Å²) in [6.45, 7) is 12.4. The van der Waals surface area contributed by atoms with Gasteiger partial charge in [0.05, 0.1) is 0 Å². The minimum absolute atomic E-state index is 0.745. The zero-order chi connectivity index (χ0) is 9.40. The van der Waals surface area contributed by atoms with Crippen LogP contribution in [0.4, 0.5) is 0 Å². The van der Waals surface area contributed by atoms with Crippen LogP contribution < -0.4 is 5.32 Å². The summed E-state index contributed by atoms with van der Waals surface area (Å²) >= 11 is 0. The van der Waals surface area contributed by atoms with Gasteiger partial charge in [-0.15, -0.1) is 6.58 Å². The Balaban J connectivity index is 3.13. The molecule has 2 heteroatoms. The predicted molar refractivity (Wildman–Crippen MR) is 55.4 cm³/mol. The summed E-state index contributed by atoms with van der Waals surface area (Å²) in [5.41, 5.74) is 0. The molecule has 2 nitrogen and oxygen atoms in total. The number of likely N-dealkylation sites (N-methyl/N-ethyl adjacent to an activating group) is 1. The van der Waals surface area contributed by atoms with Crippen molar-refractivity contribution in [3.8, 4) is 0 Å². The third kappa shape index (κ3) is 7.76. The quantitative estimate of drug-likeness (QED) is 0.458. The van der Waals surface area contributed by atoms with Gasteiger partial charge in [-0.05, 0) is 19.5 Å². The standard InChI is InChI=1S/C10H22N2/c1-5-7-12(4)8-6-11-9-10(2)3/h5,10-11H,1,6-9H2,2-4H3. The summed E-state index contributed by atoms with van der Waals surface area (Å²) < 4.78 is 0. The van der Waals surface area contributed by atoms with E-state index in [1.807, 2.05) is 6.08 Å². The molecule has 0 aliphatic heterocycles. The molecule has 0 saturated carbocycles. The second-order valence-electron chi connectivity index (χ2n) is 3.65. The van der Waals surface area contributed by atoms with Crippen molar-refractivity contribution in [3.05, 3.63) is 12.7 Å². The molecule has 0 unspecified atom stereocenters. The van der Waals surface area contributed by atoms with Gasteiger partial charge < -0.3 is 10.2 Å². The van der Waals surface area contributed by atoms with E-state index in [9.17, 15) is 0 Å². The van der Waals surface area contributed by atoms with Crippen molar-refractivity contribution >= 4 is 0 Å². The minimum Gasteiger partial charge on any atom is -0.315 e. The lowest BCUT2D eigenvalue weighted by Crippen LogP contribution is -2.31. The van der Waals surface area contributed by atoms with Crippen LogP contribution in [-0.4, -0.2) is 38.1 Å². The molecule has 12 heavy (non-hydrogen) atoms. The van der Waals surface area contributed by atoms with Gasteiger partial charge in [-0.3, -0.25) is 0 Å². The van der Waals surface area contributed by atoms with Crippen LogP contribution in [0.25, 0.3) is 0 Å². The molecule has 0 radical (unpaired) electrons. The lowest BCUT2D eigenvalue weighted by atomic mass is 10.2. The highest BCUT2D eigenvalue weighted by Crippen LogP contribution is 1.86. The van der Waals surface area contributed by atoms with E-state index in [1.165, 1.54) is 0 Å². The van der Waals surface area contributed by atoms with Crippen molar-refractivity contribution < 1.29 is 0 Å². The molecule has 0 aromatic heterocycles. The van der Waals surface area contributed by atoms with Crippen LogP contribution >= 0.6 is 0 Å². The van der Waals surface area contributed by atoms with E-state index in [0.717, 1.165) is 32.1 Å². The fourth-order valence-corrected chi connectivity index (χ4v) is 0.972. The van der Waals surface area contributed by atoms with E-state index < -0.39 is 0 Å². The monoisotopic (exact) mass is 170 g/mol. The highest BCUT2D eigenvalue weighted by Gasteiger charge is 1.95.